The van der Waals surface area contributed by atoms with Gasteiger partial charge in [-0.05, 0) is 0 Å². The molecule has 0 aromatic heterocycles. The topological polar surface area (TPSA) is 27.7 Å². The molecule has 0 aromatic rings. The number of methoxy groups -OCH3 is 1. The third-order valence-corrected chi connectivity index (χ3v) is 2.95. The average Bonchev–Trinajstić information content (AvgIpc) is 2.22. The summed E-state index contributed by atoms with van der Waals surface area (Å²) in [6.07, 6.45) is -18.5. The van der Waals surface area contributed by atoms with E-state index in [4.69, 9.17) is 0 Å². The van der Waals surface area contributed by atoms with Crippen LogP contribution < -0.4 is 0 Å². The van der Waals surface area contributed by atoms with E-state index in [1.54, 1.807) is 0 Å². The van der Waals surface area contributed by atoms with Gasteiger partial charge in [0.1, 0.15) is 0 Å². The first-order valence-corrected chi connectivity index (χ1v) is 5.25. The Morgan fingerprint density at radius 3 is 1.50 bits per heavy atom. The van der Waals surface area contributed by atoms with E-state index in [-0.39, 0.29) is 7.11 Å². The van der Waals surface area contributed by atoms with Crippen LogP contribution in [0.25, 0.3) is 0 Å². The number of ether oxygens (including phenoxy) is 3. The summed E-state index contributed by atoms with van der Waals surface area (Å²) in [5.41, 5.74) is -6.10. The van der Waals surface area contributed by atoms with Gasteiger partial charge in [-0.2, -0.15) is 30.7 Å². The van der Waals surface area contributed by atoms with Crippen molar-refractivity contribution in [2.75, 3.05) is 13.8 Å². The highest BCUT2D eigenvalue weighted by Crippen LogP contribution is 2.69. The van der Waals surface area contributed by atoms with Gasteiger partial charge in [0.2, 0.25) is 0 Å². The van der Waals surface area contributed by atoms with E-state index in [9.17, 15) is 43.9 Å². The van der Waals surface area contributed by atoms with Crippen LogP contribution in [-0.2, 0) is 14.2 Å². The minimum Gasteiger partial charge on any atom is -0.323 e. The third-order valence-electron chi connectivity index (χ3n) is 2.95. The molecule has 0 spiro atoms. The van der Waals surface area contributed by atoms with Gasteiger partial charge >= 0.3 is 29.8 Å². The highest BCUT2D eigenvalue weighted by molar-refractivity contribution is 5.10. The molecule has 13 heteroatoms. The molecule has 0 radical (unpaired) electrons. The van der Waals surface area contributed by atoms with Gasteiger partial charge in [0.15, 0.2) is 6.67 Å². The van der Waals surface area contributed by atoms with Crippen molar-refractivity contribution < 1.29 is 58.1 Å². The minimum absolute atomic E-state index is 0.133. The number of rotatable bonds is 4. The lowest BCUT2D eigenvalue weighted by molar-refractivity contribution is -0.623. The minimum atomic E-state index is -6.28. The monoisotopic (exact) mass is 354 g/mol. The largest absolute Gasteiger partial charge is 0.389 e. The standard InChI is InChI=1S/C9H8F10O3/c1-4(11,12)6(7(14,15)20-2)8(16,17)21-5(13,3-10)22-9(6,18)19/h3H2,1-2H3. The fraction of sp³-hybridized carbons (Fsp3) is 1.00. The quantitative estimate of drug-likeness (QED) is 0.721. The van der Waals surface area contributed by atoms with Gasteiger partial charge in [0, 0.05) is 14.0 Å². The van der Waals surface area contributed by atoms with Crippen molar-refractivity contribution in [1.82, 2.24) is 0 Å². The van der Waals surface area contributed by atoms with Gasteiger partial charge in [-0.25, -0.2) is 13.2 Å². The van der Waals surface area contributed by atoms with E-state index in [0.717, 1.165) is 0 Å². The molecule has 1 saturated heterocycles. The van der Waals surface area contributed by atoms with Crippen LogP contribution in [0.4, 0.5) is 43.9 Å². The molecule has 0 bridgehead atoms. The van der Waals surface area contributed by atoms with Crippen molar-refractivity contribution in [1.29, 1.82) is 0 Å². The summed E-state index contributed by atoms with van der Waals surface area (Å²) in [5, 5.41) is 0. The SMILES string of the molecule is COC(F)(F)C1(C(C)(F)F)C(F)(F)OC(F)(CF)OC1(F)F. The molecule has 0 aliphatic carbocycles. The van der Waals surface area contributed by atoms with Crippen LogP contribution in [0.5, 0.6) is 0 Å². The van der Waals surface area contributed by atoms with Crippen LogP contribution in [0.2, 0.25) is 0 Å². The van der Waals surface area contributed by atoms with E-state index in [0.29, 0.717) is 0 Å². The third kappa shape index (κ3) is 2.24. The first-order valence-electron chi connectivity index (χ1n) is 5.25. The molecule has 132 valence electrons. The summed E-state index contributed by atoms with van der Waals surface area (Å²) in [6, 6.07) is -4.91. The van der Waals surface area contributed by atoms with Crippen molar-refractivity contribution in [2.45, 2.75) is 37.2 Å². The van der Waals surface area contributed by atoms with Gasteiger partial charge in [-0.1, -0.05) is 0 Å². The number of halogens is 10. The second kappa shape index (κ2) is 4.84. The van der Waals surface area contributed by atoms with Gasteiger partial charge in [-0.15, -0.1) is 0 Å². The molecule has 1 rings (SSSR count). The zero-order chi connectivity index (χ0) is 17.8. The first kappa shape index (κ1) is 19.2. The fourth-order valence-electron chi connectivity index (χ4n) is 2.04. The summed E-state index contributed by atoms with van der Waals surface area (Å²) in [4.78, 5) is 0. The average molecular weight is 354 g/mol. The molecule has 0 N–H and O–H groups in total. The fourth-order valence-corrected chi connectivity index (χ4v) is 2.04. The van der Waals surface area contributed by atoms with Crippen LogP contribution in [0.15, 0.2) is 0 Å². The lowest BCUT2D eigenvalue weighted by atomic mass is 9.76. The zero-order valence-electron chi connectivity index (χ0n) is 10.7. The molecular weight excluding hydrogens is 346 g/mol. The second-order valence-electron chi connectivity index (χ2n) is 4.39. The lowest BCUT2D eigenvalue weighted by Crippen LogP contribution is -2.78. The molecule has 1 fully saturated rings. The Kier molecular flexibility index (Phi) is 4.23. The van der Waals surface area contributed by atoms with Gasteiger partial charge in [-0.3, -0.25) is 9.47 Å². The van der Waals surface area contributed by atoms with E-state index >= 15 is 0 Å². The maximum absolute atomic E-state index is 13.7. The Bertz CT molecular complexity index is 414. The number of hydrogen-bond acceptors (Lipinski definition) is 3. The van der Waals surface area contributed by atoms with Crippen molar-refractivity contribution >= 4 is 0 Å². The zero-order valence-corrected chi connectivity index (χ0v) is 10.7. The van der Waals surface area contributed by atoms with Crippen molar-refractivity contribution in [3.8, 4) is 0 Å². The van der Waals surface area contributed by atoms with E-state index < -0.39 is 49.3 Å². The van der Waals surface area contributed by atoms with Crippen molar-refractivity contribution in [3.05, 3.63) is 0 Å². The second-order valence-corrected chi connectivity index (χ2v) is 4.39. The normalized spacial score (nSPS) is 35.5. The summed E-state index contributed by atoms with van der Waals surface area (Å²) in [5.74, 6) is -5.63. The summed E-state index contributed by atoms with van der Waals surface area (Å²) in [7, 11) is -0.133. The van der Waals surface area contributed by atoms with Gasteiger partial charge in [0.25, 0.3) is 5.92 Å². The van der Waals surface area contributed by atoms with Gasteiger partial charge in [0.05, 0.1) is 0 Å². The number of alkyl halides is 10. The lowest BCUT2D eigenvalue weighted by Gasteiger charge is -2.53. The molecule has 0 amide bonds. The van der Waals surface area contributed by atoms with E-state index in [2.05, 4.69) is 14.2 Å². The van der Waals surface area contributed by atoms with Crippen LogP contribution in [0.1, 0.15) is 6.92 Å². The molecule has 0 saturated carbocycles. The molecule has 22 heavy (non-hydrogen) atoms. The Labute approximate surface area is 116 Å². The summed E-state index contributed by atoms with van der Waals surface area (Å²) in [6.45, 7) is -3.53. The summed E-state index contributed by atoms with van der Waals surface area (Å²) < 4.78 is 142. The first-order chi connectivity index (χ1) is 9.54. The van der Waals surface area contributed by atoms with E-state index in [1.165, 1.54) is 0 Å². The highest BCUT2D eigenvalue weighted by atomic mass is 19.3. The predicted molar refractivity (Wildman–Crippen MR) is 46.9 cm³/mol. The Morgan fingerprint density at radius 1 is 0.909 bits per heavy atom. The molecule has 1 aliphatic rings. The Balaban J connectivity index is 3.76. The van der Waals surface area contributed by atoms with Gasteiger partial charge < -0.3 is 4.74 Å². The number of hydrogen-bond donors (Lipinski definition) is 0. The molecule has 3 nitrogen and oxygen atoms in total. The molecule has 0 atom stereocenters. The van der Waals surface area contributed by atoms with Crippen molar-refractivity contribution in [3.63, 3.8) is 0 Å². The van der Waals surface area contributed by atoms with Crippen LogP contribution in [0, 0.1) is 5.41 Å². The summed E-state index contributed by atoms with van der Waals surface area (Å²) >= 11 is 0. The molecule has 0 aromatic carbocycles. The van der Waals surface area contributed by atoms with Crippen LogP contribution in [-0.4, -0.2) is 44.1 Å². The molecular formula is C9H8F10O3. The Morgan fingerprint density at radius 2 is 1.27 bits per heavy atom. The van der Waals surface area contributed by atoms with E-state index in [1.807, 2.05) is 0 Å². The molecule has 0 unspecified atom stereocenters. The Hall–Kier alpha value is -0.820. The maximum Gasteiger partial charge on any atom is 0.389 e. The predicted octanol–water partition coefficient (Wildman–Crippen LogP) is 3.69. The highest BCUT2D eigenvalue weighted by Gasteiger charge is 2.95. The smallest absolute Gasteiger partial charge is 0.323 e. The molecule has 1 heterocycles. The van der Waals surface area contributed by atoms with Crippen LogP contribution >= 0.6 is 0 Å². The molecule has 1 aliphatic heterocycles. The van der Waals surface area contributed by atoms with Crippen LogP contribution in [0.3, 0.4) is 0 Å². The van der Waals surface area contributed by atoms with Crippen molar-refractivity contribution in [2.24, 2.45) is 5.41 Å². The maximum atomic E-state index is 13.7.